The first-order valence-electron chi connectivity index (χ1n) is 8.09. The fourth-order valence-corrected chi connectivity index (χ4v) is 3.23. The van der Waals surface area contributed by atoms with Crippen molar-refractivity contribution in [3.05, 3.63) is 41.9 Å². The maximum atomic E-state index is 12.1. The van der Waals surface area contributed by atoms with Crippen LogP contribution in [0.4, 0.5) is 5.82 Å². The molecule has 0 spiro atoms. The number of carbonyl (C=O) groups excluding carboxylic acids is 1. The van der Waals surface area contributed by atoms with Crippen LogP contribution in [0.5, 0.6) is 0 Å². The van der Waals surface area contributed by atoms with E-state index in [0.717, 1.165) is 37.0 Å². The number of hydrogen-bond acceptors (Lipinski definition) is 5. The lowest BCUT2D eigenvalue weighted by atomic mass is 9.91. The average Bonchev–Trinajstić information content (AvgIpc) is 3.25. The van der Waals surface area contributed by atoms with Gasteiger partial charge in [-0.3, -0.25) is 4.79 Å². The highest BCUT2D eigenvalue weighted by molar-refractivity contribution is 6.02. The maximum absolute atomic E-state index is 12.1. The Morgan fingerprint density at radius 2 is 2.17 bits per heavy atom. The Bertz CT molecular complexity index is 847. The van der Waals surface area contributed by atoms with Crippen LogP contribution < -0.4 is 5.32 Å². The normalized spacial score (nSPS) is 16.5. The van der Waals surface area contributed by atoms with Gasteiger partial charge in [0.15, 0.2) is 0 Å². The van der Waals surface area contributed by atoms with Crippen LogP contribution in [0.2, 0.25) is 0 Å². The second kappa shape index (κ2) is 6.09. The monoisotopic (exact) mass is 325 g/mol. The van der Waals surface area contributed by atoms with Crippen molar-refractivity contribution in [2.75, 3.05) is 25.5 Å². The minimum atomic E-state index is -0.351. The van der Waals surface area contributed by atoms with E-state index in [0.29, 0.717) is 11.7 Å². The number of pyridine rings is 1. The summed E-state index contributed by atoms with van der Waals surface area (Å²) >= 11 is 0. The number of likely N-dealkylation sites (tertiary alicyclic amines) is 1. The predicted molar refractivity (Wildman–Crippen MR) is 90.0 cm³/mol. The van der Waals surface area contributed by atoms with Crippen molar-refractivity contribution in [3.8, 4) is 0 Å². The second-order valence-electron chi connectivity index (χ2n) is 6.25. The Kier molecular flexibility index (Phi) is 3.78. The number of anilines is 1. The lowest BCUT2D eigenvalue weighted by Gasteiger charge is -2.28. The molecule has 1 aliphatic heterocycles. The number of piperidine rings is 1. The van der Waals surface area contributed by atoms with E-state index in [1.807, 2.05) is 6.07 Å². The van der Waals surface area contributed by atoms with Gasteiger partial charge in [-0.2, -0.15) is 0 Å². The van der Waals surface area contributed by atoms with E-state index in [1.54, 1.807) is 6.07 Å². The molecule has 0 saturated carbocycles. The number of nitrogens with zero attached hydrogens (tertiary/aromatic N) is 3. The van der Waals surface area contributed by atoms with Gasteiger partial charge in [-0.25, -0.2) is 4.98 Å². The summed E-state index contributed by atoms with van der Waals surface area (Å²) in [6.07, 6.45) is 5.74. The number of fused-ring (bicyclic) bond motifs is 1. The highest BCUT2D eigenvalue weighted by atomic mass is 16.5. The molecule has 1 saturated heterocycles. The fourth-order valence-electron chi connectivity index (χ4n) is 3.23. The largest absolute Gasteiger partial charge is 0.360 e. The molecular formula is C17H19N5O2. The summed E-state index contributed by atoms with van der Waals surface area (Å²) in [6, 6.07) is 5.25. The van der Waals surface area contributed by atoms with E-state index in [-0.39, 0.29) is 11.7 Å². The van der Waals surface area contributed by atoms with Crippen molar-refractivity contribution in [1.82, 2.24) is 20.0 Å². The number of aromatic nitrogens is 3. The Morgan fingerprint density at radius 1 is 1.33 bits per heavy atom. The smallest absolute Gasteiger partial charge is 0.295 e. The van der Waals surface area contributed by atoms with Crippen molar-refractivity contribution in [1.29, 1.82) is 0 Å². The zero-order chi connectivity index (χ0) is 16.5. The molecule has 0 unspecified atom stereocenters. The van der Waals surface area contributed by atoms with Crippen LogP contribution in [0.1, 0.15) is 34.9 Å². The molecule has 1 fully saturated rings. The van der Waals surface area contributed by atoms with Crippen molar-refractivity contribution in [2.45, 2.75) is 18.8 Å². The van der Waals surface area contributed by atoms with E-state index in [9.17, 15) is 4.79 Å². The van der Waals surface area contributed by atoms with Gasteiger partial charge < -0.3 is 19.7 Å². The predicted octanol–water partition coefficient (Wildman–Crippen LogP) is 2.61. The van der Waals surface area contributed by atoms with Gasteiger partial charge in [-0.15, -0.1) is 0 Å². The van der Waals surface area contributed by atoms with Gasteiger partial charge in [0.25, 0.3) is 5.91 Å². The summed E-state index contributed by atoms with van der Waals surface area (Å²) in [7, 11) is 2.15. The number of nitrogens with one attached hydrogen (secondary N) is 2. The summed E-state index contributed by atoms with van der Waals surface area (Å²) in [5.41, 5.74) is 3.15. The van der Waals surface area contributed by atoms with Gasteiger partial charge in [0.1, 0.15) is 5.82 Å². The summed E-state index contributed by atoms with van der Waals surface area (Å²) in [6.45, 7) is 2.19. The molecule has 3 aromatic heterocycles. The Morgan fingerprint density at radius 3 is 2.92 bits per heavy atom. The molecule has 124 valence electrons. The third kappa shape index (κ3) is 2.78. The summed E-state index contributed by atoms with van der Waals surface area (Å²) in [5.74, 6) is 0.831. The van der Waals surface area contributed by atoms with Crippen molar-refractivity contribution in [3.63, 3.8) is 0 Å². The highest BCUT2D eigenvalue weighted by Crippen LogP contribution is 2.32. The lowest BCUT2D eigenvalue weighted by molar-refractivity contribution is 0.0987. The second-order valence-corrected chi connectivity index (χ2v) is 6.25. The van der Waals surface area contributed by atoms with Crippen molar-refractivity contribution in [2.24, 2.45) is 0 Å². The van der Waals surface area contributed by atoms with Gasteiger partial charge in [0.2, 0.25) is 5.76 Å². The summed E-state index contributed by atoms with van der Waals surface area (Å²) in [4.78, 5) is 22.4. The molecular weight excluding hydrogens is 306 g/mol. The quantitative estimate of drug-likeness (QED) is 0.773. The summed E-state index contributed by atoms with van der Waals surface area (Å²) in [5, 5.41) is 6.30. The minimum Gasteiger partial charge on any atom is -0.360 e. The van der Waals surface area contributed by atoms with Crippen LogP contribution in [0.3, 0.4) is 0 Å². The van der Waals surface area contributed by atoms with Crippen molar-refractivity contribution < 1.29 is 9.32 Å². The zero-order valence-corrected chi connectivity index (χ0v) is 13.5. The molecule has 3 aromatic rings. The summed E-state index contributed by atoms with van der Waals surface area (Å²) < 4.78 is 4.87. The third-order valence-corrected chi connectivity index (χ3v) is 4.61. The fraction of sp³-hybridized carbons (Fsp3) is 0.353. The highest BCUT2D eigenvalue weighted by Gasteiger charge is 2.22. The van der Waals surface area contributed by atoms with E-state index < -0.39 is 0 Å². The van der Waals surface area contributed by atoms with Crippen LogP contribution in [0, 0.1) is 0 Å². The maximum Gasteiger partial charge on any atom is 0.295 e. The van der Waals surface area contributed by atoms with Crippen LogP contribution in [0.15, 0.2) is 35.1 Å². The van der Waals surface area contributed by atoms with Crippen LogP contribution >= 0.6 is 0 Å². The number of carbonyl (C=O) groups is 1. The number of H-pyrrole nitrogens is 1. The van der Waals surface area contributed by atoms with Crippen molar-refractivity contribution >= 4 is 22.8 Å². The number of amides is 1. The first-order chi connectivity index (χ1) is 11.7. The zero-order valence-electron chi connectivity index (χ0n) is 13.5. The number of hydrogen-bond donors (Lipinski definition) is 2. The van der Waals surface area contributed by atoms with E-state index in [4.69, 9.17) is 4.52 Å². The molecule has 0 atom stereocenters. The van der Waals surface area contributed by atoms with E-state index in [1.165, 1.54) is 17.8 Å². The first kappa shape index (κ1) is 14.9. The molecule has 1 aliphatic rings. The van der Waals surface area contributed by atoms with Crippen LogP contribution in [-0.2, 0) is 0 Å². The molecule has 4 rings (SSSR count). The van der Waals surface area contributed by atoms with Crippen LogP contribution in [0.25, 0.3) is 11.0 Å². The molecule has 24 heavy (non-hydrogen) atoms. The molecule has 0 aliphatic carbocycles. The third-order valence-electron chi connectivity index (χ3n) is 4.61. The van der Waals surface area contributed by atoms with E-state index in [2.05, 4.69) is 38.6 Å². The Hall–Kier alpha value is -2.67. The molecule has 7 heteroatoms. The average molecular weight is 325 g/mol. The minimum absolute atomic E-state index is 0.168. The molecule has 0 bridgehead atoms. The van der Waals surface area contributed by atoms with Crippen LogP contribution in [-0.4, -0.2) is 46.1 Å². The molecule has 7 nitrogen and oxygen atoms in total. The number of aromatic amines is 1. The van der Waals surface area contributed by atoms with Gasteiger partial charge in [-0.1, -0.05) is 5.16 Å². The molecule has 2 N–H and O–H groups in total. The SMILES string of the molecule is CN1CCC(c2c[nH]c3ccc(NC(=O)c4ccno4)nc23)CC1. The standard InChI is InChI=1S/C17H19N5O2/c1-22-8-5-11(6-9-22)12-10-18-13-2-3-15(20-16(12)13)21-17(23)14-4-7-19-24-14/h2-4,7,10-11,18H,5-6,8-9H2,1H3,(H,20,21,23). The van der Waals surface area contributed by atoms with Gasteiger partial charge in [0, 0.05) is 12.3 Å². The van der Waals surface area contributed by atoms with Gasteiger partial charge in [-0.05, 0) is 56.6 Å². The lowest BCUT2D eigenvalue weighted by Crippen LogP contribution is -2.29. The van der Waals surface area contributed by atoms with E-state index >= 15 is 0 Å². The molecule has 4 heterocycles. The topological polar surface area (TPSA) is 87.0 Å². The number of rotatable bonds is 3. The molecule has 0 radical (unpaired) electrons. The van der Waals surface area contributed by atoms with Gasteiger partial charge in [0.05, 0.1) is 17.2 Å². The Balaban J connectivity index is 1.60. The Labute approximate surface area is 139 Å². The van der Waals surface area contributed by atoms with Gasteiger partial charge >= 0.3 is 0 Å². The first-order valence-corrected chi connectivity index (χ1v) is 8.09. The molecule has 1 amide bonds. The molecule has 0 aromatic carbocycles.